The van der Waals surface area contributed by atoms with E-state index in [1.165, 1.54) is 15.6 Å². The first kappa shape index (κ1) is 13.2. The number of hydrogen-bond acceptors (Lipinski definition) is 2. The summed E-state index contributed by atoms with van der Waals surface area (Å²) in [7, 11) is 0. The van der Waals surface area contributed by atoms with Crippen molar-refractivity contribution < 1.29 is 0 Å². The Bertz CT molecular complexity index is 491. The van der Waals surface area contributed by atoms with Crippen LogP contribution < -0.4 is 5.32 Å². The highest BCUT2D eigenvalue weighted by Crippen LogP contribution is 2.26. The number of benzene rings is 1. The largest absolute Gasteiger partial charge is 0.305 e. The van der Waals surface area contributed by atoms with E-state index in [0.29, 0.717) is 11.8 Å². The Hall–Kier alpha value is -0.280. The summed E-state index contributed by atoms with van der Waals surface area (Å²) in [5.74, 6) is 1.02. The minimum Gasteiger partial charge on any atom is -0.305 e. The van der Waals surface area contributed by atoms with E-state index in [-0.39, 0.29) is 5.54 Å². The van der Waals surface area contributed by atoms with E-state index >= 15 is 0 Å². The fraction of sp³-hybridized carbons (Fsp3) is 0.385. The Morgan fingerprint density at radius 3 is 2.65 bits per heavy atom. The maximum Gasteiger partial charge on any atom is 0.0427 e. The van der Waals surface area contributed by atoms with Crippen LogP contribution >= 0.6 is 34.5 Å². The monoisotopic (exact) mass is 287 g/mol. The lowest BCUT2D eigenvalue weighted by molar-refractivity contribution is 0.436. The zero-order valence-electron chi connectivity index (χ0n) is 9.67. The lowest BCUT2D eigenvalue weighted by atomic mass is 10.1. The highest BCUT2D eigenvalue weighted by atomic mass is 35.5. The van der Waals surface area contributed by atoms with E-state index in [1.54, 1.807) is 11.3 Å². The molecule has 1 aromatic heterocycles. The fourth-order valence-electron chi connectivity index (χ4n) is 1.61. The van der Waals surface area contributed by atoms with Gasteiger partial charge in [0.25, 0.3) is 0 Å². The van der Waals surface area contributed by atoms with Gasteiger partial charge in [-0.05, 0) is 29.3 Å². The molecular formula is C13H15Cl2NS. The van der Waals surface area contributed by atoms with E-state index in [2.05, 4.69) is 35.0 Å². The Balaban J connectivity index is 2.14. The number of alkyl halides is 2. The second-order valence-electron chi connectivity index (χ2n) is 4.44. The van der Waals surface area contributed by atoms with Crippen molar-refractivity contribution in [1.29, 1.82) is 0 Å². The summed E-state index contributed by atoms with van der Waals surface area (Å²) >= 11 is 13.6. The van der Waals surface area contributed by atoms with Crippen molar-refractivity contribution in [2.45, 2.75) is 19.0 Å². The van der Waals surface area contributed by atoms with E-state index in [0.717, 1.165) is 6.54 Å². The minimum absolute atomic E-state index is 0.202. The maximum atomic E-state index is 5.92. The Morgan fingerprint density at radius 2 is 1.94 bits per heavy atom. The fourth-order valence-corrected chi connectivity index (χ4v) is 3.05. The first-order valence-corrected chi connectivity index (χ1v) is 7.45. The van der Waals surface area contributed by atoms with Crippen molar-refractivity contribution >= 4 is 44.6 Å². The second kappa shape index (κ2) is 5.57. The van der Waals surface area contributed by atoms with Crippen LogP contribution in [0.25, 0.3) is 10.1 Å². The van der Waals surface area contributed by atoms with Crippen LogP contribution in [0.15, 0.2) is 29.6 Å². The molecule has 0 saturated carbocycles. The average Bonchev–Trinajstić information content (AvgIpc) is 2.79. The molecule has 0 saturated heterocycles. The number of rotatable bonds is 5. The minimum atomic E-state index is -0.202. The molecule has 1 heterocycles. The molecule has 0 spiro atoms. The van der Waals surface area contributed by atoms with Crippen LogP contribution in [0, 0.1) is 0 Å². The van der Waals surface area contributed by atoms with Gasteiger partial charge in [0.1, 0.15) is 0 Å². The van der Waals surface area contributed by atoms with Gasteiger partial charge in [0.05, 0.1) is 0 Å². The molecule has 17 heavy (non-hydrogen) atoms. The van der Waals surface area contributed by atoms with Gasteiger partial charge in [0, 0.05) is 28.5 Å². The van der Waals surface area contributed by atoms with Crippen LogP contribution in [0.5, 0.6) is 0 Å². The molecule has 0 amide bonds. The van der Waals surface area contributed by atoms with Gasteiger partial charge in [-0.15, -0.1) is 34.5 Å². The molecular weight excluding hydrogens is 273 g/mol. The molecule has 1 N–H and O–H groups in total. The molecule has 4 heteroatoms. The molecule has 0 atom stereocenters. The number of thiophene rings is 1. The summed E-state index contributed by atoms with van der Waals surface area (Å²) < 4.78 is 1.32. The van der Waals surface area contributed by atoms with Crippen molar-refractivity contribution in [3.05, 3.63) is 35.2 Å². The average molecular weight is 288 g/mol. The van der Waals surface area contributed by atoms with E-state index in [4.69, 9.17) is 23.2 Å². The Labute approximate surface area is 116 Å². The second-order valence-corrected chi connectivity index (χ2v) is 5.88. The van der Waals surface area contributed by atoms with Crippen molar-refractivity contribution in [3.8, 4) is 0 Å². The molecule has 92 valence electrons. The molecule has 0 fully saturated rings. The third-order valence-electron chi connectivity index (χ3n) is 2.86. The van der Waals surface area contributed by atoms with Crippen LogP contribution in [0.3, 0.4) is 0 Å². The van der Waals surface area contributed by atoms with Gasteiger partial charge in [-0.3, -0.25) is 0 Å². The summed E-state index contributed by atoms with van der Waals surface area (Å²) in [6.07, 6.45) is 0. The lowest BCUT2D eigenvalue weighted by Crippen LogP contribution is -2.45. The van der Waals surface area contributed by atoms with Crippen molar-refractivity contribution in [2.24, 2.45) is 0 Å². The predicted molar refractivity (Wildman–Crippen MR) is 78.5 cm³/mol. The van der Waals surface area contributed by atoms with E-state index in [9.17, 15) is 0 Å². The SMILES string of the molecule is CC(CCl)(CCl)NCc1csc2ccccc12. The lowest BCUT2D eigenvalue weighted by Gasteiger charge is -2.25. The molecule has 0 aliphatic rings. The van der Waals surface area contributed by atoms with Gasteiger partial charge in [0.15, 0.2) is 0 Å². The number of nitrogens with one attached hydrogen (secondary N) is 1. The smallest absolute Gasteiger partial charge is 0.0427 e. The summed E-state index contributed by atoms with van der Waals surface area (Å²) in [5.41, 5.74) is 1.11. The molecule has 0 unspecified atom stereocenters. The summed E-state index contributed by atoms with van der Waals surface area (Å²) in [6, 6.07) is 8.44. The van der Waals surface area contributed by atoms with Gasteiger partial charge in [0.2, 0.25) is 0 Å². The van der Waals surface area contributed by atoms with E-state index in [1.807, 2.05) is 6.92 Å². The first-order valence-electron chi connectivity index (χ1n) is 5.50. The molecule has 2 aromatic rings. The van der Waals surface area contributed by atoms with Crippen molar-refractivity contribution in [1.82, 2.24) is 5.32 Å². The third kappa shape index (κ3) is 2.94. The quantitative estimate of drug-likeness (QED) is 0.812. The molecule has 2 rings (SSSR count). The van der Waals surface area contributed by atoms with Crippen molar-refractivity contribution in [3.63, 3.8) is 0 Å². The highest BCUT2D eigenvalue weighted by molar-refractivity contribution is 7.17. The van der Waals surface area contributed by atoms with Gasteiger partial charge in [-0.2, -0.15) is 0 Å². The van der Waals surface area contributed by atoms with Gasteiger partial charge < -0.3 is 5.32 Å². The number of fused-ring (bicyclic) bond motifs is 1. The van der Waals surface area contributed by atoms with E-state index < -0.39 is 0 Å². The number of halogens is 2. The maximum absolute atomic E-state index is 5.92. The zero-order chi connectivity index (χ0) is 12.3. The molecule has 1 aromatic carbocycles. The van der Waals surface area contributed by atoms with Crippen LogP contribution in [-0.2, 0) is 6.54 Å². The predicted octanol–water partition coefficient (Wildman–Crippen LogP) is 4.23. The highest BCUT2D eigenvalue weighted by Gasteiger charge is 2.21. The molecule has 0 aliphatic heterocycles. The molecule has 1 nitrogen and oxygen atoms in total. The standard InChI is InChI=1S/C13H15Cl2NS/c1-13(8-14,9-15)16-6-10-7-17-12-5-3-2-4-11(10)12/h2-5,7,16H,6,8-9H2,1H3. The third-order valence-corrected chi connectivity index (χ3v) is 5.05. The Kier molecular flexibility index (Phi) is 4.31. The molecule has 0 bridgehead atoms. The van der Waals surface area contributed by atoms with Gasteiger partial charge >= 0.3 is 0 Å². The number of hydrogen-bond donors (Lipinski definition) is 1. The normalized spacial score (nSPS) is 12.2. The summed E-state index contributed by atoms with van der Waals surface area (Å²) in [6.45, 7) is 2.85. The van der Waals surface area contributed by atoms with Gasteiger partial charge in [-0.1, -0.05) is 18.2 Å². The zero-order valence-corrected chi connectivity index (χ0v) is 12.0. The van der Waals surface area contributed by atoms with Gasteiger partial charge in [-0.25, -0.2) is 0 Å². The van der Waals surface area contributed by atoms with Crippen LogP contribution in [0.4, 0.5) is 0 Å². The van der Waals surface area contributed by atoms with Crippen LogP contribution in [-0.4, -0.2) is 17.3 Å². The first-order chi connectivity index (χ1) is 8.18. The summed E-state index contributed by atoms with van der Waals surface area (Å²) in [4.78, 5) is 0. The molecule has 0 radical (unpaired) electrons. The molecule has 0 aliphatic carbocycles. The van der Waals surface area contributed by atoms with Crippen LogP contribution in [0.2, 0.25) is 0 Å². The van der Waals surface area contributed by atoms with Crippen molar-refractivity contribution in [2.75, 3.05) is 11.8 Å². The summed E-state index contributed by atoms with van der Waals surface area (Å²) in [5, 5.41) is 6.94. The topological polar surface area (TPSA) is 12.0 Å². The van der Waals surface area contributed by atoms with Crippen LogP contribution in [0.1, 0.15) is 12.5 Å². The Morgan fingerprint density at radius 1 is 1.24 bits per heavy atom.